The molecule has 0 bridgehead atoms. The summed E-state index contributed by atoms with van der Waals surface area (Å²) in [6, 6.07) is 7.73. The van der Waals surface area contributed by atoms with Gasteiger partial charge in [-0.25, -0.2) is 22.0 Å². The fraction of sp³-hybridized carbons (Fsp3) is 0.409. The summed E-state index contributed by atoms with van der Waals surface area (Å²) in [6.45, 7) is 2.76. The Bertz CT molecular complexity index is 1070. The van der Waals surface area contributed by atoms with E-state index >= 15 is 0 Å². The van der Waals surface area contributed by atoms with Crippen LogP contribution in [0.2, 0.25) is 5.02 Å². The molecule has 0 aliphatic carbocycles. The Labute approximate surface area is 198 Å². The Kier molecular flexibility index (Phi) is 8.77. The first-order chi connectivity index (χ1) is 15.7. The van der Waals surface area contributed by atoms with Crippen molar-refractivity contribution in [3.05, 3.63) is 69.7 Å². The van der Waals surface area contributed by atoms with Crippen LogP contribution in [-0.4, -0.2) is 75.4 Å². The van der Waals surface area contributed by atoms with Crippen LogP contribution >= 0.6 is 11.6 Å². The van der Waals surface area contributed by atoms with Gasteiger partial charge in [0.05, 0.1) is 17.7 Å². The monoisotopic (exact) mass is 501 g/mol. The predicted molar refractivity (Wildman–Crippen MR) is 122 cm³/mol. The van der Waals surface area contributed by atoms with Crippen molar-refractivity contribution in [3.63, 3.8) is 0 Å². The van der Waals surface area contributed by atoms with E-state index in [0.717, 1.165) is 23.5 Å². The van der Waals surface area contributed by atoms with Crippen molar-refractivity contribution in [1.82, 2.24) is 14.1 Å². The normalized spacial score (nSPS) is 16.3. The number of methoxy groups -OCH3 is 1. The quantitative estimate of drug-likeness (QED) is 0.443. The van der Waals surface area contributed by atoms with Crippen molar-refractivity contribution in [2.75, 3.05) is 46.9 Å². The van der Waals surface area contributed by atoms with Gasteiger partial charge in [0.1, 0.15) is 11.6 Å². The van der Waals surface area contributed by atoms with Crippen LogP contribution in [0, 0.1) is 11.6 Å². The van der Waals surface area contributed by atoms with Crippen LogP contribution in [0.15, 0.2) is 36.4 Å². The van der Waals surface area contributed by atoms with E-state index in [4.69, 9.17) is 11.6 Å². The average molecular weight is 502 g/mol. The molecule has 1 fully saturated rings. The van der Waals surface area contributed by atoms with E-state index in [9.17, 15) is 22.0 Å². The lowest BCUT2D eigenvalue weighted by Crippen LogP contribution is -2.48. The lowest BCUT2D eigenvalue weighted by Gasteiger charge is -2.39. The van der Waals surface area contributed by atoms with Gasteiger partial charge in [-0.05, 0) is 36.9 Å². The Hall–Kier alpha value is -2.11. The fourth-order valence-corrected chi connectivity index (χ4v) is 4.54. The highest BCUT2D eigenvalue weighted by Gasteiger charge is 2.28. The molecule has 0 radical (unpaired) electrons. The Morgan fingerprint density at radius 3 is 2.39 bits per heavy atom. The molecule has 1 aliphatic rings. The maximum atomic E-state index is 14.6. The highest BCUT2D eigenvalue weighted by atomic mass is 35.5. The van der Waals surface area contributed by atoms with E-state index in [1.54, 1.807) is 6.07 Å². The summed E-state index contributed by atoms with van der Waals surface area (Å²) in [5, 5.41) is -0.0471. The molecule has 1 aliphatic heterocycles. The van der Waals surface area contributed by atoms with Gasteiger partial charge in [-0.1, -0.05) is 23.7 Å². The summed E-state index contributed by atoms with van der Waals surface area (Å²) in [5.41, 5.74) is 0.832. The molecule has 1 heterocycles. The number of halogens is 3. The van der Waals surface area contributed by atoms with Gasteiger partial charge < -0.3 is 9.64 Å². The predicted octanol–water partition coefficient (Wildman–Crippen LogP) is 2.72. The van der Waals surface area contributed by atoms with E-state index in [2.05, 4.69) is 14.5 Å². The summed E-state index contributed by atoms with van der Waals surface area (Å²) in [5.74, 6) is -1.95. The van der Waals surface area contributed by atoms with E-state index in [-0.39, 0.29) is 29.2 Å². The minimum absolute atomic E-state index is 0.0303. The van der Waals surface area contributed by atoms with Crippen LogP contribution in [0.4, 0.5) is 8.78 Å². The van der Waals surface area contributed by atoms with Crippen LogP contribution in [0.25, 0.3) is 0 Å². The first-order valence-electron chi connectivity index (χ1n) is 10.3. The van der Waals surface area contributed by atoms with Crippen LogP contribution in [0.5, 0.6) is 0 Å². The van der Waals surface area contributed by atoms with Crippen molar-refractivity contribution in [2.24, 2.45) is 0 Å². The number of nitrogens with zero attached hydrogens (tertiary/aromatic N) is 3. The van der Waals surface area contributed by atoms with Gasteiger partial charge in [0.15, 0.2) is 0 Å². The number of piperazine rings is 1. The van der Waals surface area contributed by atoms with Crippen LogP contribution in [-0.2, 0) is 22.2 Å². The summed E-state index contributed by atoms with van der Waals surface area (Å²) in [6.07, 6.45) is 0. The molecule has 0 spiro atoms. The molecule has 1 unspecified atom stereocenters. The van der Waals surface area contributed by atoms with Crippen LogP contribution in [0.3, 0.4) is 0 Å². The number of esters is 1. The average Bonchev–Trinajstić information content (AvgIpc) is 2.79. The molecule has 0 N–H and O–H groups in total. The molecule has 2 aromatic rings. The van der Waals surface area contributed by atoms with Gasteiger partial charge in [-0.2, -0.15) is 4.31 Å². The number of likely N-dealkylation sites (N-methyl/N-ethyl adjacent to an activating group) is 1. The smallest absolute Gasteiger partial charge is 0.337 e. The molecule has 1 saturated heterocycles. The zero-order chi connectivity index (χ0) is 24.1. The van der Waals surface area contributed by atoms with Crippen molar-refractivity contribution in [1.29, 1.82) is 0 Å². The van der Waals surface area contributed by atoms with E-state index in [0.29, 0.717) is 18.7 Å². The number of carbonyl (C=O) groups excluding carboxylic acids is 1. The molecular formula is C22H26ClF2N3O4S. The molecule has 1 atom stereocenters. The first kappa shape index (κ1) is 25.5. The van der Waals surface area contributed by atoms with Crippen molar-refractivity contribution in [3.8, 4) is 0 Å². The molecule has 3 rings (SSSR count). The molecule has 2 aromatic carbocycles. The number of rotatable bonds is 8. The molecule has 180 valence electrons. The Morgan fingerprint density at radius 1 is 1.12 bits per heavy atom. The van der Waals surface area contributed by atoms with Gasteiger partial charge in [0.25, 0.3) is 0 Å². The second-order valence-electron chi connectivity index (χ2n) is 7.91. The molecule has 33 heavy (non-hydrogen) atoms. The number of benzene rings is 2. The lowest BCUT2D eigenvalue weighted by molar-refractivity contribution is 0.0600. The summed E-state index contributed by atoms with van der Waals surface area (Å²) in [7, 11) is 0.136. The molecule has 11 heteroatoms. The zero-order valence-electron chi connectivity index (χ0n) is 18.3. The number of carbonyl (C=O) groups is 1. The first-order valence-corrected chi connectivity index (χ1v) is 11.8. The highest BCUT2D eigenvalue weighted by molar-refractivity contribution is 7.69. The lowest BCUT2D eigenvalue weighted by atomic mass is 10.0. The van der Waals surface area contributed by atoms with Gasteiger partial charge >= 0.3 is 5.97 Å². The molecule has 7 nitrogen and oxygen atoms in total. The summed E-state index contributed by atoms with van der Waals surface area (Å²) >= 11 is 6.00. The minimum atomic E-state index is -3.06. The number of hydrogen-bond acceptors (Lipinski definition) is 6. The number of thiol groups is 1. The second-order valence-corrected chi connectivity index (χ2v) is 9.36. The van der Waals surface area contributed by atoms with E-state index in [1.807, 2.05) is 7.05 Å². The van der Waals surface area contributed by atoms with Crippen LogP contribution < -0.4 is 0 Å². The van der Waals surface area contributed by atoms with E-state index < -0.39 is 34.5 Å². The van der Waals surface area contributed by atoms with Crippen molar-refractivity contribution < 1.29 is 26.7 Å². The molecular weight excluding hydrogens is 476 g/mol. The molecule has 0 saturated carbocycles. The number of ether oxygens (including phenoxy) is 1. The Balaban J connectivity index is 1.88. The van der Waals surface area contributed by atoms with Crippen LogP contribution in [0.1, 0.15) is 27.5 Å². The molecule has 0 amide bonds. The van der Waals surface area contributed by atoms with E-state index in [1.165, 1.54) is 31.4 Å². The maximum absolute atomic E-state index is 14.6. The van der Waals surface area contributed by atoms with Gasteiger partial charge in [-0.3, -0.25) is 4.90 Å². The Morgan fingerprint density at radius 2 is 1.82 bits per heavy atom. The summed E-state index contributed by atoms with van der Waals surface area (Å²) in [4.78, 5) is 15.9. The third-order valence-corrected chi connectivity index (χ3v) is 6.80. The second kappa shape index (κ2) is 11.3. The van der Waals surface area contributed by atoms with Crippen molar-refractivity contribution in [2.45, 2.75) is 12.6 Å². The standard InChI is InChI=1S/C22H26ClF2N3O4S/c1-26-7-9-27(10-8-26)21(15-5-6-19(24)18(23)11-15)14-28(33(30)31)13-17-4-3-16(12-20(17)25)22(29)32-2/h3-6,11-12,21,33H,7-10,13-14H2,1-2H3. The SMILES string of the molecule is COC(=O)c1ccc(CN(CC(c2ccc(F)c(Cl)c2)N2CCN(C)CC2)[SH](=O)=O)c(F)c1. The third-order valence-electron chi connectivity index (χ3n) is 5.75. The fourth-order valence-electron chi connectivity index (χ4n) is 3.79. The van der Waals surface area contributed by atoms with Gasteiger partial charge in [0, 0.05) is 50.9 Å². The third kappa shape index (κ3) is 6.48. The minimum Gasteiger partial charge on any atom is -0.465 e. The van der Waals surface area contributed by atoms with Crippen molar-refractivity contribution >= 4 is 28.5 Å². The largest absolute Gasteiger partial charge is 0.465 e. The highest BCUT2D eigenvalue weighted by Crippen LogP contribution is 2.28. The zero-order valence-corrected chi connectivity index (χ0v) is 20.0. The number of hydrogen-bond donors (Lipinski definition) is 1. The van der Waals surface area contributed by atoms with Gasteiger partial charge in [0.2, 0.25) is 10.9 Å². The molecule has 0 aromatic heterocycles. The maximum Gasteiger partial charge on any atom is 0.337 e. The summed E-state index contributed by atoms with van der Waals surface area (Å²) < 4.78 is 58.3. The van der Waals surface area contributed by atoms with Gasteiger partial charge in [-0.15, -0.1) is 0 Å². The topological polar surface area (TPSA) is 70.2 Å².